The van der Waals surface area contributed by atoms with E-state index >= 15 is 0 Å². The predicted molar refractivity (Wildman–Crippen MR) is 103 cm³/mol. The summed E-state index contributed by atoms with van der Waals surface area (Å²) in [7, 11) is 1.58. The number of hydrogen-bond acceptors (Lipinski definition) is 4. The molecule has 0 radical (unpaired) electrons. The van der Waals surface area contributed by atoms with Crippen molar-refractivity contribution in [3.05, 3.63) is 47.5 Å². The fourth-order valence-electron chi connectivity index (χ4n) is 3.26. The first-order chi connectivity index (χ1) is 12.1. The molecule has 3 N–H and O–H groups in total. The lowest BCUT2D eigenvalue weighted by molar-refractivity contribution is 0.102. The van der Waals surface area contributed by atoms with Crippen molar-refractivity contribution < 1.29 is 9.53 Å². The summed E-state index contributed by atoms with van der Waals surface area (Å²) in [6, 6.07) is 11.0. The monoisotopic (exact) mass is 339 g/mol. The van der Waals surface area contributed by atoms with E-state index in [0.717, 1.165) is 24.3 Å². The molecule has 1 aliphatic rings. The minimum Gasteiger partial charge on any atom is -0.497 e. The highest BCUT2D eigenvalue weighted by atomic mass is 16.5. The van der Waals surface area contributed by atoms with E-state index in [9.17, 15) is 4.79 Å². The first-order valence-electron chi connectivity index (χ1n) is 8.69. The largest absolute Gasteiger partial charge is 0.497 e. The quantitative estimate of drug-likeness (QED) is 0.831. The number of amides is 1. The van der Waals surface area contributed by atoms with Crippen LogP contribution in [0.1, 0.15) is 35.2 Å². The van der Waals surface area contributed by atoms with E-state index in [1.54, 1.807) is 25.3 Å². The van der Waals surface area contributed by atoms with Crippen molar-refractivity contribution >= 4 is 23.0 Å². The van der Waals surface area contributed by atoms with Crippen LogP contribution in [-0.2, 0) is 0 Å². The van der Waals surface area contributed by atoms with E-state index in [1.807, 2.05) is 18.2 Å². The van der Waals surface area contributed by atoms with Crippen molar-refractivity contribution in [2.75, 3.05) is 36.1 Å². The Morgan fingerprint density at radius 1 is 1.16 bits per heavy atom. The molecule has 1 heterocycles. The Bertz CT molecular complexity index is 768. The van der Waals surface area contributed by atoms with Crippen LogP contribution in [0.3, 0.4) is 0 Å². The number of ether oxygens (including phenoxy) is 1. The number of nitrogens with two attached hydrogens (primary N) is 1. The van der Waals surface area contributed by atoms with Crippen LogP contribution < -0.4 is 20.7 Å². The van der Waals surface area contributed by atoms with E-state index in [1.165, 1.54) is 19.3 Å². The summed E-state index contributed by atoms with van der Waals surface area (Å²) < 4.78 is 5.18. The van der Waals surface area contributed by atoms with Gasteiger partial charge in [-0.25, -0.2) is 0 Å². The molecule has 0 atom stereocenters. The number of nitrogens with zero attached hydrogens (tertiary/aromatic N) is 1. The number of hydrogen-bond donors (Lipinski definition) is 2. The molecule has 0 spiro atoms. The Balaban J connectivity index is 1.84. The fourth-order valence-corrected chi connectivity index (χ4v) is 3.26. The molecule has 0 aromatic heterocycles. The summed E-state index contributed by atoms with van der Waals surface area (Å²) in [5.74, 6) is 0.456. The third kappa shape index (κ3) is 3.87. The minimum atomic E-state index is -0.195. The van der Waals surface area contributed by atoms with Crippen LogP contribution >= 0.6 is 0 Å². The molecule has 2 aromatic rings. The maximum Gasteiger partial charge on any atom is 0.255 e. The molecule has 5 heteroatoms. The van der Waals surface area contributed by atoms with E-state index < -0.39 is 0 Å². The first kappa shape index (κ1) is 17.1. The van der Waals surface area contributed by atoms with E-state index in [0.29, 0.717) is 22.7 Å². The number of rotatable bonds is 4. The number of nitrogens with one attached hydrogen (secondary N) is 1. The molecule has 0 unspecified atom stereocenters. The van der Waals surface area contributed by atoms with Gasteiger partial charge in [0.25, 0.3) is 5.91 Å². The molecular formula is C20H25N3O2. The molecule has 0 aliphatic carbocycles. The van der Waals surface area contributed by atoms with Gasteiger partial charge in [-0.2, -0.15) is 0 Å². The molecule has 0 bridgehead atoms. The zero-order valence-electron chi connectivity index (χ0n) is 14.8. The molecule has 3 rings (SSSR count). The summed E-state index contributed by atoms with van der Waals surface area (Å²) in [6.45, 7) is 4.16. The molecule has 2 aromatic carbocycles. The van der Waals surface area contributed by atoms with Crippen LogP contribution in [0, 0.1) is 6.92 Å². The van der Waals surface area contributed by atoms with E-state index in [2.05, 4.69) is 17.1 Å². The van der Waals surface area contributed by atoms with Crippen LogP contribution in [0.5, 0.6) is 5.75 Å². The van der Waals surface area contributed by atoms with Gasteiger partial charge in [-0.15, -0.1) is 0 Å². The second-order valence-corrected chi connectivity index (χ2v) is 6.46. The van der Waals surface area contributed by atoms with Gasteiger partial charge in [0.1, 0.15) is 5.75 Å². The van der Waals surface area contributed by atoms with Gasteiger partial charge in [-0.05, 0) is 62.1 Å². The third-order valence-corrected chi connectivity index (χ3v) is 4.64. The zero-order valence-corrected chi connectivity index (χ0v) is 14.8. The van der Waals surface area contributed by atoms with Gasteiger partial charge >= 0.3 is 0 Å². The van der Waals surface area contributed by atoms with Crippen LogP contribution in [0.2, 0.25) is 0 Å². The van der Waals surface area contributed by atoms with Gasteiger partial charge in [-0.1, -0.05) is 6.07 Å². The van der Waals surface area contributed by atoms with Gasteiger partial charge in [0.05, 0.1) is 18.5 Å². The first-order valence-corrected chi connectivity index (χ1v) is 8.69. The van der Waals surface area contributed by atoms with Crippen molar-refractivity contribution in [2.45, 2.75) is 26.2 Å². The number of nitrogen functional groups attached to an aromatic ring is 1. The maximum absolute atomic E-state index is 12.6. The Labute approximate surface area is 148 Å². The van der Waals surface area contributed by atoms with Crippen LogP contribution in [0.25, 0.3) is 0 Å². The van der Waals surface area contributed by atoms with Gasteiger partial charge in [0.2, 0.25) is 0 Å². The summed E-state index contributed by atoms with van der Waals surface area (Å²) in [6.07, 6.45) is 3.69. The molecule has 1 amide bonds. The molecule has 1 aliphatic heterocycles. The van der Waals surface area contributed by atoms with Crippen molar-refractivity contribution in [2.24, 2.45) is 0 Å². The molecule has 1 saturated heterocycles. The number of benzene rings is 2. The Morgan fingerprint density at radius 2 is 1.92 bits per heavy atom. The second kappa shape index (κ2) is 7.47. The number of methoxy groups -OCH3 is 1. The normalized spacial score (nSPS) is 14.2. The Hall–Kier alpha value is -2.69. The highest BCUT2D eigenvalue weighted by Crippen LogP contribution is 2.31. The fraction of sp³-hybridized carbons (Fsp3) is 0.350. The minimum absolute atomic E-state index is 0.195. The molecule has 132 valence electrons. The maximum atomic E-state index is 12.6. The third-order valence-electron chi connectivity index (χ3n) is 4.64. The molecule has 5 nitrogen and oxygen atoms in total. The summed E-state index contributed by atoms with van der Waals surface area (Å²) in [5, 5.41) is 2.94. The molecular weight excluding hydrogens is 314 g/mol. The number of carbonyl (C=O) groups is 1. The summed E-state index contributed by atoms with van der Waals surface area (Å²) in [5.41, 5.74) is 10.2. The molecule has 1 fully saturated rings. The van der Waals surface area contributed by atoms with E-state index in [-0.39, 0.29) is 5.91 Å². The standard InChI is InChI=1S/C20H25N3O2/c1-14-11-17(21)18(13-19(14)23-9-4-3-5-10-23)22-20(24)15-7-6-8-16(12-15)25-2/h6-8,11-13H,3-5,9-10,21H2,1-2H3,(H,22,24). The molecule has 0 saturated carbocycles. The van der Waals surface area contributed by atoms with E-state index in [4.69, 9.17) is 10.5 Å². The van der Waals surface area contributed by atoms with Gasteiger partial charge in [0, 0.05) is 24.3 Å². The topological polar surface area (TPSA) is 67.6 Å². The van der Waals surface area contributed by atoms with Crippen molar-refractivity contribution in [1.82, 2.24) is 0 Å². The summed E-state index contributed by atoms with van der Waals surface area (Å²) >= 11 is 0. The Kier molecular flexibility index (Phi) is 5.12. The Morgan fingerprint density at radius 3 is 2.64 bits per heavy atom. The number of piperidine rings is 1. The zero-order chi connectivity index (χ0) is 17.8. The van der Waals surface area contributed by atoms with Gasteiger partial charge in [0.15, 0.2) is 0 Å². The SMILES string of the molecule is COc1cccc(C(=O)Nc2cc(N3CCCCC3)c(C)cc2N)c1. The predicted octanol–water partition coefficient (Wildman–Crippen LogP) is 3.83. The lowest BCUT2D eigenvalue weighted by atomic mass is 10.1. The lowest BCUT2D eigenvalue weighted by Gasteiger charge is -2.31. The highest BCUT2D eigenvalue weighted by molar-refractivity contribution is 6.06. The van der Waals surface area contributed by atoms with Crippen molar-refractivity contribution in [3.63, 3.8) is 0 Å². The number of carbonyl (C=O) groups excluding carboxylic acids is 1. The van der Waals surface area contributed by atoms with Crippen LogP contribution in [0.4, 0.5) is 17.1 Å². The van der Waals surface area contributed by atoms with Crippen LogP contribution in [-0.4, -0.2) is 26.1 Å². The smallest absolute Gasteiger partial charge is 0.255 e. The van der Waals surface area contributed by atoms with Gasteiger partial charge < -0.3 is 20.7 Å². The second-order valence-electron chi connectivity index (χ2n) is 6.46. The molecule has 25 heavy (non-hydrogen) atoms. The van der Waals surface area contributed by atoms with Gasteiger partial charge in [-0.3, -0.25) is 4.79 Å². The van der Waals surface area contributed by atoms with Crippen LogP contribution in [0.15, 0.2) is 36.4 Å². The lowest BCUT2D eigenvalue weighted by Crippen LogP contribution is -2.30. The van der Waals surface area contributed by atoms with Crippen molar-refractivity contribution in [3.8, 4) is 5.75 Å². The highest BCUT2D eigenvalue weighted by Gasteiger charge is 2.16. The number of anilines is 3. The summed E-state index contributed by atoms with van der Waals surface area (Å²) in [4.78, 5) is 14.9. The average molecular weight is 339 g/mol. The van der Waals surface area contributed by atoms with Crippen molar-refractivity contribution in [1.29, 1.82) is 0 Å². The average Bonchev–Trinajstić information content (AvgIpc) is 2.64. The number of aryl methyl sites for hydroxylation is 1.